The van der Waals surface area contributed by atoms with Crippen molar-refractivity contribution in [3.05, 3.63) is 75.7 Å². The van der Waals surface area contributed by atoms with E-state index in [1.165, 1.54) is 30.3 Å². The molecule has 10 heteroatoms. The predicted octanol–water partition coefficient (Wildman–Crippen LogP) is 4.30. The molecule has 1 saturated heterocycles. The van der Waals surface area contributed by atoms with Crippen molar-refractivity contribution in [1.29, 1.82) is 0 Å². The zero-order valence-electron chi connectivity index (χ0n) is 15.7. The standard InChI is InChI=1S/C20H17ClFN5O3/c21-14-1-6-17(18(13-14)27(28)29)25-9-11-26(12-10-25)20-23-8-7-19(24-20)30-16-4-2-15(22)3-5-16/h1-8,13H,9-12H2. The Balaban J connectivity index is 1.45. The fourth-order valence-electron chi connectivity index (χ4n) is 3.22. The molecule has 30 heavy (non-hydrogen) atoms. The summed E-state index contributed by atoms with van der Waals surface area (Å²) in [7, 11) is 0. The maximum atomic E-state index is 13.0. The van der Waals surface area contributed by atoms with Crippen molar-refractivity contribution in [2.24, 2.45) is 0 Å². The molecule has 154 valence electrons. The summed E-state index contributed by atoms with van der Waals surface area (Å²) >= 11 is 5.91. The van der Waals surface area contributed by atoms with E-state index in [1.54, 1.807) is 24.4 Å². The van der Waals surface area contributed by atoms with E-state index in [1.807, 2.05) is 9.80 Å². The van der Waals surface area contributed by atoms with E-state index in [4.69, 9.17) is 16.3 Å². The van der Waals surface area contributed by atoms with Gasteiger partial charge in [-0.05, 0) is 36.4 Å². The number of rotatable bonds is 5. The van der Waals surface area contributed by atoms with Gasteiger partial charge in [0.1, 0.15) is 17.3 Å². The maximum absolute atomic E-state index is 13.0. The molecule has 1 aliphatic rings. The fraction of sp³-hybridized carbons (Fsp3) is 0.200. The van der Waals surface area contributed by atoms with Crippen molar-refractivity contribution < 1.29 is 14.1 Å². The summed E-state index contributed by atoms with van der Waals surface area (Å²) in [5, 5.41) is 11.7. The Morgan fingerprint density at radius 2 is 1.73 bits per heavy atom. The summed E-state index contributed by atoms with van der Waals surface area (Å²) < 4.78 is 18.7. The van der Waals surface area contributed by atoms with Gasteiger partial charge < -0.3 is 14.5 Å². The van der Waals surface area contributed by atoms with Gasteiger partial charge in [-0.3, -0.25) is 10.1 Å². The summed E-state index contributed by atoms with van der Waals surface area (Å²) in [5.41, 5.74) is 0.528. The van der Waals surface area contributed by atoms with E-state index >= 15 is 0 Å². The van der Waals surface area contributed by atoms with Crippen LogP contribution < -0.4 is 14.5 Å². The molecular formula is C20H17ClFN5O3. The van der Waals surface area contributed by atoms with Crippen molar-refractivity contribution in [1.82, 2.24) is 9.97 Å². The first kappa shape index (κ1) is 19.8. The van der Waals surface area contributed by atoms with Gasteiger partial charge in [0.05, 0.1) is 4.92 Å². The van der Waals surface area contributed by atoms with Gasteiger partial charge in [0.25, 0.3) is 5.69 Å². The second kappa shape index (κ2) is 8.50. The predicted molar refractivity (Wildman–Crippen MR) is 111 cm³/mol. The Kier molecular flexibility index (Phi) is 5.62. The second-order valence-corrected chi connectivity index (χ2v) is 7.05. The highest BCUT2D eigenvalue weighted by Crippen LogP contribution is 2.32. The number of nitro benzene ring substituents is 1. The van der Waals surface area contributed by atoms with Gasteiger partial charge in [0.15, 0.2) is 0 Å². The van der Waals surface area contributed by atoms with Crippen LogP contribution in [0, 0.1) is 15.9 Å². The van der Waals surface area contributed by atoms with Crippen LogP contribution in [-0.4, -0.2) is 41.1 Å². The number of aromatic nitrogens is 2. The Morgan fingerprint density at radius 1 is 1.03 bits per heavy atom. The van der Waals surface area contributed by atoms with Gasteiger partial charge in [-0.15, -0.1) is 0 Å². The largest absolute Gasteiger partial charge is 0.439 e. The highest BCUT2D eigenvalue weighted by Gasteiger charge is 2.25. The van der Waals surface area contributed by atoms with E-state index in [0.29, 0.717) is 54.5 Å². The van der Waals surface area contributed by atoms with Crippen LogP contribution in [-0.2, 0) is 0 Å². The van der Waals surface area contributed by atoms with Crippen molar-refractivity contribution in [3.8, 4) is 11.6 Å². The first-order valence-corrected chi connectivity index (χ1v) is 9.58. The molecule has 0 bridgehead atoms. The van der Waals surface area contributed by atoms with Gasteiger partial charge in [-0.1, -0.05) is 11.6 Å². The van der Waals surface area contributed by atoms with Crippen LogP contribution in [0.15, 0.2) is 54.7 Å². The number of piperazine rings is 1. The van der Waals surface area contributed by atoms with Gasteiger partial charge in [0.2, 0.25) is 11.8 Å². The minimum absolute atomic E-state index is 0.0121. The molecule has 1 aliphatic heterocycles. The number of ether oxygens (including phenoxy) is 1. The van der Waals surface area contributed by atoms with Gasteiger partial charge in [0, 0.05) is 49.5 Å². The lowest BCUT2D eigenvalue weighted by Gasteiger charge is -2.35. The summed E-state index contributed by atoms with van der Waals surface area (Å²) in [6.45, 7) is 2.29. The summed E-state index contributed by atoms with van der Waals surface area (Å²) in [4.78, 5) is 23.6. The Bertz CT molecular complexity index is 1060. The topological polar surface area (TPSA) is 84.6 Å². The maximum Gasteiger partial charge on any atom is 0.294 e. The van der Waals surface area contributed by atoms with Crippen LogP contribution in [0.1, 0.15) is 0 Å². The van der Waals surface area contributed by atoms with Crippen LogP contribution >= 0.6 is 11.6 Å². The van der Waals surface area contributed by atoms with Crippen LogP contribution in [0.25, 0.3) is 0 Å². The molecular weight excluding hydrogens is 413 g/mol. The zero-order chi connectivity index (χ0) is 21.1. The monoisotopic (exact) mass is 429 g/mol. The lowest BCUT2D eigenvalue weighted by molar-refractivity contribution is -0.384. The van der Waals surface area contributed by atoms with Crippen molar-refractivity contribution >= 4 is 28.9 Å². The molecule has 0 aliphatic carbocycles. The highest BCUT2D eigenvalue weighted by molar-refractivity contribution is 6.30. The lowest BCUT2D eigenvalue weighted by Crippen LogP contribution is -2.47. The third kappa shape index (κ3) is 4.41. The normalized spacial score (nSPS) is 13.9. The van der Waals surface area contributed by atoms with Gasteiger partial charge >= 0.3 is 0 Å². The van der Waals surface area contributed by atoms with Crippen LogP contribution in [0.4, 0.5) is 21.7 Å². The molecule has 1 fully saturated rings. The fourth-order valence-corrected chi connectivity index (χ4v) is 3.39. The Hall–Kier alpha value is -3.46. The molecule has 3 aromatic rings. The van der Waals surface area contributed by atoms with Crippen molar-refractivity contribution in [2.75, 3.05) is 36.0 Å². The second-order valence-electron chi connectivity index (χ2n) is 6.62. The third-order valence-electron chi connectivity index (χ3n) is 4.69. The van der Waals surface area contributed by atoms with Crippen LogP contribution in [0.3, 0.4) is 0 Å². The lowest BCUT2D eigenvalue weighted by atomic mass is 10.2. The minimum Gasteiger partial charge on any atom is -0.439 e. The number of nitrogens with zero attached hydrogens (tertiary/aromatic N) is 5. The number of benzene rings is 2. The molecule has 0 radical (unpaired) electrons. The molecule has 4 rings (SSSR count). The molecule has 1 aromatic heterocycles. The Morgan fingerprint density at radius 3 is 2.43 bits per heavy atom. The summed E-state index contributed by atoms with van der Waals surface area (Å²) in [6, 6.07) is 12.0. The molecule has 0 atom stereocenters. The number of halogens is 2. The first-order valence-electron chi connectivity index (χ1n) is 9.20. The van der Waals surface area contributed by atoms with E-state index in [0.717, 1.165) is 0 Å². The molecule has 0 amide bonds. The molecule has 0 unspecified atom stereocenters. The molecule has 8 nitrogen and oxygen atoms in total. The summed E-state index contributed by atoms with van der Waals surface area (Å²) in [6.07, 6.45) is 1.59. The number of nitro groups is 1. The average molecular weight is 430 g/mol. The molecule has 0 N–H and O–H groups in total. The number of hydrogen-bond acceptors (Lipinski definition) is 7. The molecule has 0 saturated carbocycles. The molecule has 2 heterocycles. The van der Waals surface area contributed by atoms with Gasteiger partial charge in [-0.2, -0.15) is 4.98 Å². The van der Waals surface area contributed by atoms with E-state index < -0.39 is 4.92 Å². The summed E-state index contributed by atoms with van der Waals surface area (Å²) in [5.74, 6) is 0.979. The van der Waals surface area contributed by atoms with E-state index in [-0.39, 0.29) is 11.5 Å². The van der Waals surface area contributed by atoms with Crippen LogP contribution in [0.2, 0.25) is 5.02 Å². The van der Waals surface area contributed by atoms with E-state index in [9.17, 15) is 14.5 Å². The van der Waals surface area contributed by atoms with E-state index in [2.05, 4.69) is 9.97 Å². The zero-order valence-corrected chi connectivity index (χ0v) is 16.5. The number of hydrogen-bond donors (Lipinski definition) is 0. The first-order chi connectivity index (χ1) is 14.5. The minimum atomic E-state index is -0.424. The number of anilines is 2. The quantitative estimate of drug-likeness (QED) is 0.441. The van der Waals surface area contributed by atoms with Gasteiger partial charge in [-0.25, -0.2) is 9.37 Å². The smallest absolute Gasteiger partial charge is 0.294 e. The van der Waals surface area contributed by atoms with Crippen molar-refractivity contribution in [2.45, 2.75) is 0 Å². The average Bonchev–Trinajstić information content (AvgIpc) is 2.76. The molecule has 0 spiro atoms. The van der Waals surface area contributed by atoms with Crippen LogP contribution in [0.5, 0.6) is 11.6 Å². The highest BCUT2D eigenvalue weighted by atomic mass is 35.5. The SMILES string of the molecule is O=[N+]([O-])c1cc(Cl)ccc1N1CCN(c2nccc(Oc3ccc(F)cc3)n2)CC1. The third-order valence-corrected chi connectivity index (χ3v) is 4.93. The molecule has 2 aromatic carbocycles. The van der Waals surface area contributed by atoms with Crippen molar-refractivity contribution in [3.63, 3.8) is 0 Å². The Labute approximate surface area is 176 Å².